The summed E-state index contributed by atoms with van der Waals surface area (Å²) in [6.07, 6.45) is -5.01. The lowest BCUT2D eigenvalue weighted by molar-refractivity contribution is 0.0696. The monoisotopic (exact) mass is 372 g/mol. The van der Waals surface area contributed by atoms with Crippen LogP contribution >= 0.6 is 0 Å². The molecular formula is C17H20N2O5S. The van der Waals surface area contributed by atoms with E-state index in [2.05, 4.69) is 5.11 Å². The number of benzene rings is 2. The summed E-state index contributed by atoms with van der Waals surface area (Å²) in [4.78, 5) is 11.1. The number of hydrogen-bond donors (Lipinski definition) is 3. The van der Waals surface area contributed by atoms with Gasteiger partial charge in [0.1, 0.15) is 13.5 Å². The van der Waals surface area contributed by atoms with Crippen LogP contribution in [0, 0.1) is 0 Å². The standard InChI is InChI=1S/C17H20N2O5S/c1-2-3-9-19-14-10-12(17(20)21)11-15(25(18,22)23)16(14)24-13-7-5-4-6-8-13/h4-8,10-11,19H,2-3,9H2,1H3,(H,20,21)(H2,18,22,23)/i2D2,3D2/hD4. The lowest BCUT2D eigenvalue weighted by atomic mass is 10.1. The summed E-state index contributed by atoms with van der Waals surface area (Å²) < 4.78 is 91.8. The predicted octanol–water partition coefficient (Wildman–Crippen LogP) is 3.04. The molecule has 0 fully saturated rings. The highest BCUT2D eigenvalue weighted by atomic mass is 32.2. The van der Waals surface area contributed by atoms with Crippen LogP contribution in [0.25, 0.3) is 1.43 Å². The summed E-state index contributed by atoms with van der Waals surface area (Å²) in [6, 6.07) is 9.22. The molecule has 25 heavy (non-hydrogen) atoms. The Labute approximate surface area is 158 Å². The molecule has 2 aromatic carbocycles. The lowest BCUT2D eigenvalue weighted by Crippen LogP contribution is -2.16. The molecule has 0 radical (unpaired) electrons. The maximum Gasteiger partial charge on any atom is 0.335 e. The maximum atomic E-state index is 12.7. The fraction of sp³-hybridized carbons (Fsp3) is 0.235. The number of nitrogens with one attached hydrogen (secondary N) is 1. The Bertz CT molecular complexity index is 1110. The minimum Gasteiger partial charge on any atom is -0.478 e. The SMILES string of the molecule is [2H]OC(=O)c1cc(N([2H])CC([2H])([2H])C([2H])([2H])C)c(Oc2ccccc2)c(S(=O)(=O)N([2H])[2H])c1. The number of hydrogen-bond acceptors (Lipinski definition) is 6. The van der Waals surface area contributed by atoms with Gasteiger partial charge in [-0.2, -0.15) is 0 Å². The number of ether oxygens (including phenoxy) is 1. The van der Waals surface area contributed by atoms with Crippen LogP contribution in [0.5, 0.6) is 11.5 Å². The Morgan fingerprint density at radius 3 is 2.84 bits per heavy atom. The Hall–Kier alpha value is -2.58. The number of para-hydroxylation sites is 1. The van der Waals surface area contributed by atoms with Crippen LogP contribution in [0.2, 0.25) is 4.24 Å². The molecule has 0 saturated carbocycles. The van der Waals surface area contributed by atoms with Gasteiger partial charge in [0.15, 0.2) is 7.16 Å². The Balaban J connectivity index is 2.82. The fourth-order valence-electron chi connectivity index (χ4n) is 1.93. The molecule has 0 spiro atoms. The van der Waals surface area contributed by atoms with Crippen molar-refractivity contribution in [2.24, 2.45) is 5.13 Å². The number of carbonyl (C=O) groups is 1. The van der Waals surface area contributed by atoms with E-state index in [4.69, 9.17) is 15.9 Å². The summed E-state index contributed by atoms with van der Waals surface area (Å²) in [5, 5.41) is 3.61. The number of nitrogens with two attached hydrogens (primary N) is 1. The molecule has 2 aromatic rings. The molecule has 0 bridgehead atoms. The van der Waals surface area contributed by atoms with Gasteiger partial charge in [-0.25, -0.2) is 18.3 Å². The summed E-state index contributed by atoms with van der Waals surface area (Å²) in [5.74, 6) is -1.87. The zero-order valence-corrected chi connectivity index (χ0v) is 13.9. The highest BCUT2D eigenvalue weighted by molar-refractivity contribution is 7.89. The summed E-state index contributed by atoms with van der Waals surface area (Å²) >= 11 is 0. The van der Waals surface area contributed by atoms with E-state index in [1.807, 2.05) is 0 Å². The van der Waals surface area contributed by atoms with E-state index in [1.165, 1.54) is 12.1 Å². The van der Waals surface area contributed by atoms with Crippen molar-refractivity contribution in [3.8, 4) is 11.5 Å². The molecule has 0 heterocycles. The minimum absolute atomic E-state index is 0.0785. The predicted molar refractivity (Wildman–Crippen MR) is 94.7 cm³/mol. The highest BCUT2D eigenvalue weighted by Gasteiger charge is 2.23. The second kappa shape index (κ2) is 8.00. The van der Waals surface area contributed by atoms with Crippen LogP contribution in [-0.4, -0.2) is 26.0 Å². The number of carboxylic acid groups (broad SMARTS) is 1. The minimum atomic E-state index is -4.93. The Morgan fingerprint density at radius 1 is 1.44 bits per heavy atom. The molecule has 0 aliphatic carbocycles. The van der Waals surface area contributed by atoms with Gasteiger partial charge in [-0.15, -0.1) is 0 Å². The first-order chi connectivity index (χ1) is 15.1. The first kappa shape index (κ1) is 10.4. The normalized spacial score (nSPS) is 16.9. The number of rotatable bonds is 9. The molecule has 0 aliphatic heterocycles. The van der Waals surface area contributed by atoms with E-state index in [9.17, 15) is 13.2 Å². The van der Waals surface area contributed by atoms with Crippen LogP contribution < -0.4 is 15.2 Å². The first-order valence-corrected chi connectivity index (χ1v) is 8.44. The molecule has 0 aliphatic rings. The van der Waals surface area contributed by atoms with Gasteiger partial charge in [0.2, 0.25) is 10.0 Å². The molecule has 8 heteroatoms. The molecule has 0 saturated heterocycles. The highest BCUT2D eigenvalue weighted by Crippen LogP contribution is 2.37. The molecule has 0 amide bonds. The van der Waals surface area contributed by atoms with Crippen LogP contribution in [0.4, 0.5) is 5.69 Å². The molecular weight excluding hydrogens is 344 g/mol. The summed E-state index contributed by atoms with van der Waals surface area (Å²) in [5.41, 5.74) is -1.06. The van der Waals surface area contributed by atoms with Gasteiger partial charge in [-0.1, -0.05) is 31.5 Å². The lowest BCUT2D eigenvalue weighted by Gasteiger charge is -2.17. The van der Waals surface area contributed by atoms with E-state index in [-0.39, 0.29) is 5.75 Å². The van der Waals surface area contributed by atoms with E-state index in [0.717, 1.165) is 13.0 Å². The molecule has 0 atom stereocenters. The van der Waals surface area contributed by atoms with Gasteiger partial charge in [-0.3, -0.25) is 0 Å². The summed E-state index contributed by atoms with van der Waals surface area (Å²) in [7, 11) is -4.93. The van der Waals surface area contributed by atoms with Gasteiger partial charge in [0, 0.05) is 12.0 Å². The molecule has 4 N–H and O–H groups in total. The number of aromatic carboxylic acids is 1. The maximum absolute atomic E-state index is 12.7. The molecule has 7 nitrogen and oxygen atoms in total. The first-order valence-electron chi connectivity index (χ1n) is 10.7. The average Bonchev–Trinajstić information content (AvgIpc) is 2.72. The van der Waals surface area contributed by atoms with Crippen LogP contribution in [0.15, 0.2) is 47.4 Å². The summed E-state index contributed by atoms with van der Waals surface area (Å²) in [6.45, 7) is 0.0377. The number of carboxylic acids is 1. The largest absolute Gasteiger partial charge is 0.478 e. The zero-order chi connectivity index (χ0) is 25.2. The smallest absolute Gasteiger partial charge is 0.335 e. The average molecular weight is 372 g/mol. The van der Waals surface area contributed by atoms with Gasteiger partial charge in [0.05, 0.1) is 11.3 Å². The van der Waals surface area contributed by atoms with Gasteiger partial charge in [-0.05, 0) is 30.6 Å². The van der Waals surface area contributed by atoms with Crippen LogP contribution in [0.3, 0.4) is 0 Å². The van der Waals surface area contributed by atoms with E-state index in [0.29, 0.717) is 11.4 Å². The van der Waals surface area contributed by atoms with Crippen molar-refractivity contribution in [1.29, 1.82) is 1.43 Å². The van der Waals surface area contributed by atoms with E-state index >= 15 is 0 Å². The third-order valence-corrected chi connectivity index (χ3v) is 3.88. The second-order valence-corrected chi connectivity index (χ2v) is 6.13. The second-order valence-electron chi connectivity index (χ2n) is 4.74. The van der Waals surface area contributed by atoms with E-state index in [1.54, 1.807) is 18.2 Å². The van der Waals surface area contributed by atoms with E-state index < -0.39 is 62.3 Å². The third-order valence-electron chi connectivity index (χ3n) is 3.02. The van der Waals surface area contributed by atoms with Crippen molar-refractivity contribution in [2.75, 3.05) is 11.9 Å². The van der Waals surface area contributed by atoms with Gasteiger partial charge in [0.25, 0.3) is 1.43 Å². The van der Waals surface area contributed by atoms with Crippen molar-refractivity contribution in [3.05, 3.63) is 48.0 Å². The number of primary sulfonamides is 1. The van der Waals surface area contributed by atoms with Crippen molar-refractivity contribution < 1.29 is 32.8 Å². The molecule has 0 unspecified atom stereocenters. The van der Waals surface area contributed by atoms with Gasteiger partial charge >= 0.3 is 5.97 Å². The molecule has 0 aromatic heterocycles. The third kappa shape index (κ3) is 4.94. The van der Waals surface area contributed by atoms with Gasteiger partial charge < -0.3 is 15.2 Å². The number of sulfonamides is 1. The molecule has 2 rings (SSSR count). The van der Waals surface area contributed by atoms with Crippen LogP contribution in [0.1, 0.15) is 35.5 Å². The van der Waals surface area contributed by atoms with Crippen molar-refractivity contribution in [1.82, 2.24) is 0 Å². The van der Waals surface area contributed by atoms with Crippen molar-refractivity contribution >= 4 is 21.7 Å². The fourth-order valence-corrected chi connectivity index (χ4v) is 2.58. The number of anilines is 1. The molecule has 134 valence electrons. The van der Waals surface area contributed by atoms with Crippen molar-refractivity contribution in [3.63, 3.8) is 0 Å². The zero-order valence-electron chi connectivity index (χ0n) is 21.1. The van der Waals surface area contributed by atoms with Crippen LogP contribution in [-0.2, 0) is 10.0 Å². The Morgan fingerprint density at radius 2 is 2.20 bits per heavy atom. The Kier molecular flexibility index (Phi) is 3.33. The quantitative estimate of drug-likeness (QED) is 0.622. The van der Waals surface area contributed by atoms with Crippen molar-refractivity contribution in [2.45, 2.75) is 24.6 Å². The topological polar surface area (TPSA) is 119 Å².